The van der Waals surface area contributed by atoms with Gasteiger partial charge < -0.3 is 15.5 Å². The molecule has 0 radical (unpaired) electrons. The summed E-state index contributed by atoms with van der Waals surface area (Å²) < 4.78 is 13.1. The number of anilines is 1. The Morgan fingerprint density at radius 2 is 1.95 bits per heavy atom. The van der Waals surface area contributed by atoms with E-state index in [9.17, 15) is 4.39 Å². The van der Waals surface area contributed by atoms with E-state index in [-0.39, 0.29) is 11.4 Å². The third kappa shape index (κ3) is 3.07. The molecule has 1 aromatic carbocycles. The van der Waals surface area contributed by atoms with Gasteiger partial charge in [-0.05, 0) is 58.1 Å². The number of rotatable bonds is 3. The summed E-state index contributed by atoms with van der Waals surface area (Å²) in [4.78, 5) is 4.75. The van der Waals surface area contributed by atoms with E-state index in [1.807, 2.05) is 12.1 Å². The van der Waals surface area contributed by atoms with Crippen LogP contribution in [0.5, 0.6) is 0 Å². The number of hydrogen-bond donors (Lipinski definition) is 1. The van der Waals surface area contributed by atoms with Gasteiger partial charge in [0.05, 0.1) is 0 Å². The average molecular weight is 265 g/mol. The second kappa shape index (κ2) is 5.47. The fourth-order valence-corrected chi connectivity index (χ4v) is 3.31. The highest BCUT2D eigenvalue weighted by Crippen LogP contribution is 2.32. The van der Waals surface area contributed by atoms with Gasteiger partial charge in [0.2, 0.25) is 0 Å². The smallest absolute Gasteiger partial charge is 0.123 e. The Balaban J connectivity index is 2.33. The molecule has 1 unspecified atom stereocenters. The molecule has 1 aliphatic rings. The second-order valence-electron chi connectivity index (χ2n) is 6.09. The van der Waals surface area contributed by atoms with Crippen LogP contribution in [-0.2, 0) is 0 Å². The monoisotopic (exact) mass is 265 g/mol. The third-order valence-electron chi connectivity index (χ3n) is 3.80. The van der Waals surface area contributed by atoms with Crippen molar-refractivity contribution in [3.8, 4) is 0 Å². The minimum absolute atomic E-state index is 0.0185. The van der Waals surface area contributed by atoms with E-state index in [0.717, 1.165) is 25.2 Å². The van der Waals surface area contributed by atoms with Crippen LogP contribution in [0.25, 0.3) is 0 Å². The fraction of sp³-hybridized carbons (Fsp3) is 0.600. The van der Waals surface area contributed by atoms with Crippen molar-refractivity contribution in [1.82, 2.24) is 4.90 Å². The van der Waals surface area contributed by atoms with Gasteiger partial charge in [-0.2, -0.15) is 0 Å². The van der Waals surface area contributed by atoms with E-state index >= 15 is 0 Å². The molecule has 4 heteroatoms. The van der Waals surface area contributed by atoms with E-state index in [0.29, 0.717) is 12.6 Å². The van der Waals surface area contributed by atoms with Crippen LogP contribution in [0.15, 0.2) is 24.3 Å². The predicted molar refractivity (Wildman–Crippen MR) is 77.9 cm³/mol. The molecular weight excluding hydrogens is 241 g/mol. The summed E-state index contributed by atoms with van der Waals surface area (Å²) >= 11 is 0. The quantitative estimate of drug-likeness (QED) is 0.908. The SMILES string of the molecule is CN1CC(CCN)N(c2ccc(F)cc2)C(C)(C)C1. The maximum Gasteiger partial charge on any atom is 0.123 e. The van der Waals surface area contributed by atoms with Gasteiger partial charge in [-0.3, -0.25) is 0 Å². The van der Waals surface area contributed by atoms with Crippen LogP contribution in [0.1, 0.15) is 20.3 Å². The summed E-state index contributed by atoms with van der Waals surface area (Å²) in [5.74, 6) is -0.189. The molecule has 1 saturated heterocycles. The van der Waals surface area contributed by atoms with Gasteiger partial charge in [0.15, 0.2) is 0 Å². The van der Waals surface area contributed by atoms with Crippen LogP contribution in [0.4, 0.5) is 10.1 Å². The molecule has 1 atom stereocenters. The zero-order valence-electron chi connectivity index (χ0n) is 12.1. The van der Waals surface area contributed by atoms with Crippen molar-refractivity contribution < 1.29 is 4.39 Å². The number of hydrogen-bond acceptors (Lipinski definition) is 3. The first-order valence-electron chi connectivity index (χ1n) is 6.87. The van der Waals surface area contributed by atoms with Crippen LogP contribution in [-0.4, -0.2) is 43.2 Å². The molecule has 0 spiro atoms. The largest absolute Gasteiger partial charge is 0.361 e. The molecule has 1 aliphatic heterocycles. The Bertz CT molecular complexity index is 416. The topological polar surface area (TPSA) is 32.5 Å². The van der Waals surface area contributed by atoms with Crippen LogP contribution in [0.2, 0.25) is 0 Å². The molecule has 0 amide bonds. The van der Waals surface area contributed by atoms with E-state index in [2.05, 4.69) is 30.7 Å². The van der Waals surface area contributed by atoms with Crippen molar-refractivity contribution in [2.45, 2.75) is 31.8 Å². The predicted octanol–water partition coefficient (Wildman–Crippen LogP) is 2.07. The number of nitrogens with zero attached hydrogens (tertiary/aromatic N) is 2. The lowest BCUT2D eigenvalue weighted by atomic mass is 9.92. The summed E-state index contributed by atoms with van der Waals surface area (Å²) in [6.45, 7) is 7.13. The Hall–Kier alpha value is -1.13. The molecular formula is C15H24FN3. The lowest BCUT2D eigenvalue weighted by Crippen LogP contribution is -2.63. The highest BCUT2D eigenvalue weighted by atomic mass is 19.1. The number of likely N-dealkylation sites (N-methyl/N-ethyl adjacent to an activating group) is 1. The van der Waals surface area contributed by atoms with Crippen LogP contribution in [0.3, 0.4) is 0 Å². The minimum Gasteiger partial charge on any atom is -0.361 e. The normalized spacial score (nSPS) is 23.6. The molecule has 0 aromatic heterocycles. The zero-order chi connectivity index (χ0) is 14.0. The fourth-order valence-electron chi connectivity index (χ4n) is 3.31. The van der Waals surface area contributed by atoms with Crippen LogP contribution >= 0.6 is 0 Å². The Morgan fingerprint density at radius 3 is 2.53 bits per heavy atom. The van der Waals surface area contributed by atoms with Crippen molar-refractivity contribution in [2.24, 2.45) is 5.73 Å². The maximum absolute atomic E-state index is 13.1. The Morgan fingerprint density at radius 1 is 1.32 bits per heavy atom. The lowest BCUT2D eigenvalue weighted by Gasteiger charge is -2.52. The summed E-state index contributed by atoms with van der Waals surface area (Å²) in [5.41, 5.74) is 6.85. The van der Waals surface area contributed by atoms with E-state index in [4.69, 9.17) is 5.73 Å². The van der Waals surface area contributed by atoms with Gasteiger partial charge in [-0.1, -0.05) is 0 Å². The lowest BCUT2D eigenvalue weighted by molar-refractivity contribution is 0.176. The first-order valence-corrected chi connectivity index (χ1v) is 6.87. The van der Waals surface area contributed by atoms with Crippen molar-refractivity contribution in [3.63, 3.8) is 0 Å². The van der Waals surface area contributed by atoms with Gasteiger partial charge in [-0.15, -0.1) is 0 Å². The highest BCUT2D eigenvalue weighted by Gasteiger charge is 2.38. The third-order valence-corrected chi connectivity index (χ3v) is 3.80. The van der Waals surface area contributed by atoms with Crippen LogP contribution < -0.4 is 10.6 Å². The minimum atomic E-state index is -0.189. The number of piperazine rings is 1. The van der Waals surface area contributed by atoms with Gasteiger partial charge >= 0.3 is 0 Å². The molecule has 0 saturated carbocycles. The zero-order valence-corrected chi connectivity index (χ0v) is 12.1. The molecule has 1 aromatic rings. The van der Waals surface area contributed by atoms with Gasteiger partial charge in [0, 0.05) is 30.4 Å². The molecule has 2 rings (SSSR count). The Kier molecular flexibility index (Phi) is 4.11. The molecule has 106 valence electrons. The van der Waals surface area contributed by atoms with E-state index in [1.165, 1.54) is 12.1 Å². The van der Waals surface area contributed by atoms with Crippen molar-refractivity contribution >= 4 is 5.69 Å². The first kappa shape index (κ1) is 14.3. The maximum atomic E-state index is 13.1. The average Bonchev–Trinajstić information content (AvgIpc) is 2.30. The summed E-state index contributed by atoms with van der Waals surface area (Å²) in [7, 11) is 2.15. The summed E-state index contributed by atoms with van der Waals surface area (Å²) in [5, 5.41) is 0. The van der Waals surface area contributed by atoms with Crippen molar-refractivity contribution in [3.05, 3.63) is 30.1 Å². The first-order chi connectivity index (χ1) is 8.94. The van der Waals surface area contributed by atoms with Crippen molar-refractivity contribution in [2.75, 3.05) is 31.6 Å². The highest BCUT2D eigenvalue weighted by molar-refractivity contribution is 5.51. The molecule has 3 nitrogen and oxygen atoms in total. The summed E-state index contributed by atoms with van der Waals surface area (Å²) in [6, 6.07) is 7.17. The standard InChI is InChI=1S/C15H24FN3/c1-15(2)11-18(3)10-14(8-9-17)19(15)13-6-4-12(16)5-7-13/h4-7,14H,8-11,17H2,1-3H3. The van der Waals surface area contributed by atoms with E-state index < -0.39 is 0 Å². The number of nitrogens with two attached hydrogens (primary N) is 1. The summed E-state index contributed by atoms with van der Waals surface area (Å²) in [6.07, 6.45) is 0.950. The van der Waals surface area contributed by atoms with Crippen molar-refractivity contribution in [1.29, 1.82) is 0 Å². The van der Waals surface area contributed by atoms with Gasteiger partial charge in [0.1, 0.15) is 5.82 Å². The number of benzene rings is 1. The number of halogens is 1. The molecule has 0 aliphatic carbocycles. The molecule has 1 heterocycles. The Labute approximate surface area is 115 Å². The van der Waals surface area contributed by atoms with Gasteiger partial charge in [0.25, 0.3) is 0 Å². The second-order valence-corrected chi connectivity index (χ2v) is 6.09. The molecule has 1 fully saturated rings. The molecule has 19 heavy (non-hydrogen) atoms. The van der Waals surface area contributed by atoms with Crippen LogP contribution in [0, 0.1) is 5.82 Å². The van der Waals surface area contributed by atoms with E-state index in [1.54, 1.807) is 0 Å². The molecule has 2 N–H and O–H groups in total. The van der Waals surface area contributed by atoms with Gasteiger partial charge in [-0.25, -0.2) is 4.39 Å². The molecule has 0 bridgehead atoms.